The number of amides is 1. The van der Waals surface area contributed by atoms with Gasteiger partial charge in [0.1, 0.15) is 5.75 Å². The Morgan fingerprint density at radius 3 is 2.52 bits per heavy atom. The molecule has 1 aromatic carbocycles. The molecule has 5 nitrogen and oxygen atoms in total. The Hall–Kier alpha value is -2.04. The number of piperidine rings is 1. The van der Waals surface area contributed by atoms with Crippen molar-refractivity contribution in [2.75, 3.05) is 13.1 Å². The highest BCUT2D eigenvalue weighted by molar-refractivity contribution is 5.81. The lowest BCUT2D eigenvalue weighted by Crippen LogP contribution is -2.49. The highest BCUT2D eigenvalue weighted by atomic mass is 16.5. The van der Waals surface area contributed by atoms with Crippen LogP contribution in [-0.2, 0) is 9.59 Å². The number of aryl methyl sites for hydroxylation is 1. The van der Waals surface area contributed by atoms with Gasteiger partial charge in [-0.05, 0) is 49.3 Å². The second-order valence-corrected chi connectivity index (χ2v) is 7.45. The fourth-order valence-electron chi connectivity index (χ4n) is 3.43. The molecule has 0 bridgehead atoms. The van der Waals surface area contributed by atoms with E-state index in [0.717, 1.165) is 16.9 Å². The average Bonchev–Trinajstić information content (AvgIpc) is 2.53. The second-order valence-electron chi connectivity index (χ2n) is 7.45. The summed E-state index contributed by atoms with van der Waals surface area (Å²) in [6.45, 7) is 10.8. The number of aliphatic carboxylic acids is 1. The van der Waals surface area contributed by atoms with E-state index in [1.165, 1.54) is 0 Å². The van der Waals surface area contributed by atoms with Crippen LogP contribution in [0.15, 0.2) is 18.2 Å². The monoisotopic (exact) mass is 347 g/mol. The minimum atomic E-state index is -0.773. The number of carbonyl (C=O) groups is 2. The molecule has 0 radical (unpaired) electrons. The summed E-state index contributed by atoms with van der Waals surface area (Å²) in [6.07, 6.45) is -0.0933. The Labute approximate surface area is 150 Å². The van der Waals surface area contributed by atoms with Crippen molar-refractivity contribution in [2.24, 2.45) is 11.8 Å². The third-order valence-electron chi connectivity index (χ3n) is 4.98. The summed E-state index contributed by atoms with van der Waals surface area (Å²) in [4.78, 5) is 25.7. The van der Waals surface area contributed by atoms with E-state index in [1.807, 2.05) is 32.0 Å². The van der Waals surface area contributed by atoms with Crippen LogP contribution < -0.4 is 4.74 Å². The predicted molar refractivity (Wildman–Crippen MR) is 96.8 cm³/mol. The molecule has 0 saturated carbocycles. The summed E-state index contributed by atoms with van der Waals surface area (Å²) in [5, 5.41) is 9.22. The Bertz CT molecular complexity index is 641. The van der Waals surface area contributed by atoms with Gasteiger partial charge in [0.2, 0.25) is 0 Å². The van der Waals surface area contributed by atoms with E-state index in [-0.39, 0.29) is 17.7 Å². The first kappa shape index (κ1) is 19.3. The van der Waals surface area contributed by atoms with Gasteiger partial charge in [0.25, 0.3) is 5.91 Å². The second kappa shape index (κ2) is 7.89. The molecule has 1 aliphatic heterocycles. The van der Waals surface area contributed by atoms with Gasteiger partial charge in [-0.1, -0.05) is 32.9 Å². The molecular formula is C20H29NO4. The zero-order valence-corrected chi connectivity index (χ0v) is 15.8. The summed E-state index contributed by atoms with van der Waals surface area (Å²) in [7, 11) is 0. The van der Waals surface area contributed by atoms with Gasteiger partial charge in [0.05, 0.1) is 5.92 Å². The lowest BCUT2D eigenvalue weighted by Gasteiger charge is -2.36. The summed E-state index contributed by atoms with van der Waals surface area (Å²) in [5.74, 6) is -0.206. The van der Waals surface area contributed by atoms with Crippen LogP contribution in [0.25, 0.3) is 0 Å². The molecule has 25 heavy (non-hydrogen) atoms. The molecule has 3 unspecified atom stereocenters. The van der Waals surface area contributed by atoms with Crippen molar-refractivity contribution >= 4 is 11.9 Å². The summed E-state index contributed by atoms with van der Waals surface area (Å²) in [5.41, 5.74) is 2.18. The third kappa shape index (κ3) is 4.53. The van der Waals surface area contributed by atoms with Gasteiger partial charge in [-0.3, -0.25) is 9.59 Å². The van der Waals surface area contributed by atoms with E-state index in [2.05, 4.69) is 13.8 Å². The summed E-state index contributed by atoms with van der Waals surface area (Å²) >= 11 is 0. The normalized spacial score (nSPS) is 21.9. The minimum absolute atomic E-state index is 0.0485. The first-order chi connectivity index (χ1) is 11.7. The maximum Gasteiger partial charge on any atom is 0.306 e. The van der Waals surface area contributed by atoms with E-state index in [1.54, 1.807) is 11.8 Å². The number of carboxylic acid groups (broad SMARTS) is 1. The zero-order valence-electron chi connectivity index (χ0n) is 15.8. The summed E-state index contributed by atoms with van der Waals surface area (Å²) < 4.78 is 6.00. The zero-order chi connectivity index (χ0) is 18.7. The molecule has 1 fully saturated rings. The SMILES string of the molecule is Cc1ccc(C(C)C)c(OC(C)C(=O)N2CCC(C(=O)O)C(C)C2)c1. The number of ether oxygens (including phenoxy) is 1. The molecule has 1 N–H and O–H groups in total. The van der Waals surface area contributed by atoms with Gasteiger partial charge in [0.15, 0.2) is 6.10 Å². The Morgan fingerprint density at radius 1 is 1.28 bits per heavy atom. The molecule has 138 valence electrons. The highest BCUT2D eigenvalue weighted by Gasteiger charge is 2.34. The van der Waals surface area contributed by atoms with E-state index in [4.69, 9.17) is 4.74 Å². The molecule has 1 saturated heterocycles. The molecule has 1 aromatic rings. The first-order valence-electron chi connectivity index (χ1n) is 8.99. The number of carbonyl (C=O) groups excluding carboxylic acids is 1. The molecule has 0 spiro atoms. The number of benzene rings is 1. The van der Waals surface area contributed by atoms with Crippen LogP contribution in [0.5, 0.6) is 5.75 Å². The van der Waals surface area contributed by atoms with Crippen LogP contribution in [0.1, 0.15) is 51.2 Å². The van der Waals surface area contributed by atoms with Gasteiger partial charge in [-0.15, -0.1) is 0 Å². The van der Waals surface area contributed by atoms with Crippen molar-refractivity contribution in [3.63, 3.8) is 0 Å². The van der Waals surface area contributed by atoms with E-state index in [0.29, 0.717) is 25.4 Å². The van der Waals surface area contributed by atoms with Gasteiger partial charge in [0, 0.05) is 13.1 Å². The number of likely N-dealkylation sites (tertiary alicyclic amines) is 1. The van der Waals surface area contributed by atoms with Crippen LogP contribution in [0, 0.1) is 18.8 Å². The van der Waals surface area contributed by atoms with Crippen molar-refractivity contribution < 1.29 is 19.4 Å². The van der Waals surface area contributed by atoms with Crippen LogP contribution in [0.2, 0.25) is 0 Å². The summed E-state index contributed by atoms with van der Waals surface area (Å²) in [6, 6.07) is 6.07. The molecule has 1 amide bonds. The predicted octanol–water partition coefficient (Wildman–Crippen LogP) is 3.45. The smallest absolute Gasteiger partial charge is 0.306 e. The molecule has 2 rings (SSSR count). The van der Waals surface area contributed by atoms with Crippen molar-refractivity contribution in [3.05, 3.63) is 29.3 Å². The topological polar surface area (TPSA) is 66.8 Å². The Morgan fingerprint density at radius 2 is 1.96 bits per heavy atom. The molecule has 5 heteroatoms. The average molecular weight is 347 g/mol. The van der Waals surface area contributed by atoms with E-state index in [9.17, 15) is 14.7 Å². The van der Waals surface area contributed by atoms with Crippen LogP contribution >= 0.6 is 0 Å². The lowest BCUT2D eigenvalue weighted by atomic mass is 9.87. The van der Waals surface area contributed by atoms with Gasteiger partial charge >= 0.3 is 5.97 Å². The quantitative estimate of drug-likeness (QED) is 0.886. The fourth-order valence-corrected chi connectivity index (χ4v) is 3.43. The number of hydrogen-bond acceptors (Lipinski definition) is 3. The van der Waals surface area contributed by atoms with E-state index < -0.39 is 12.1 Å². The Kier molecular flexibility index (Phi) is 6.09. The fraction of sp³-hybridized carbons (Fsp3) is 0.600. The maximum atomic E-state index is 12.7. The number of hydrogen-bond donors (Lipinski definition) is 1. The van der Waals surface area contributed by atoms with Gasteiger partial charge in [-0.25, -0.2) is 0 Å². The number of rotatable bonds is 5. The standard InChI is InChI=1S/C20H29NO4/c1-12(2)16-7-6-13(3)10-18(16)25-15(5)19(22)21-9-8-17(20(23)24)14(4)11-21/h6-7,10,12,14-15,17H,8-9,11H2,1-5H3,(H,23,24). The van der Waals surface area contributed by atoms with E-state index >= 15 is 0 Å². The van der Waals surface area contributed by atoms with Crippen molar-refractivity contribution in [2.45, 2.75) is 53.1 Å². The molecule has 0 aromatic heterocycles. The first-order valence-corrected chi connectivity index (χ1v) is 8.99. The minimum Gasteiger partial charge on any atom is -0.481 e. The van der Waals surface area contributed by atoms with Crippen LogP contribution in [-0.4, -0.2) is 41.1 Å². The molecule has 1 heterocycles. The largest absolute Gasteiger partial charge is 0.481 e. The third-order valence-corrected chi connectivity index (χ3v) is 4.98. The highest BCUT2D eigenvalue weighted by Crippen LogP contribution is 2.29. The molecule has 1 aliphatic rings. The van der Waals surface area contributed by atoms with Crippen molar-refractivity contribution in [3.8, 4) is 5.75 Å². The van der Waals surface area contributed by atoms with Gasteiger partial charge < -0.3 is 14.7 Å². The molecule has 0 aliphatic carbocycles. The van der Waals surface area contributed by atoms with Crippen LogP contribution in [0.3, 0.4) is 0 Å². The maximum absolute atomic E-state index is 12.7. The Balaban J connectivity index is 2.07. The van der Waals surface area contributed by atoms with Gasteiger partial charge in [-0.2, -0.15) is 0 Å². The van der Waals surface area contributed by atoms with Crippen molar-refractivity contribution in [1.29, 1.82) is 0 Å². The number of carboxylic acids is 1. The van der Waals surface area contributed by atoms with Crippen molar-refractivity contribution in [1.82, 2.24) is 4.90 Å². The molecular weight excluding hydrogens is 318 g/mol. The van der Waals surface area contributed by atoms with Crippen LogP contribution in [0.4, 0.5) is 0 Å². The molecule has 3 atom stereocenters. The number of nitrogens with zero attached hydrogens (tertiary/aromatic N) is 1. The lowest BCUT2D eigenvalue weighted by molar-refractivity contribution is -0.150.